The fourth-order valence-corrected chi connectivity index (χ4v) is 2.94. The lowest BCUT2D eigenvalue weighted by molar-refractivity contribution is -0.134. The van der Waals surface area contributed by atoms with Gasteiger partial charge in [0, 0.05) is 44.7 Å². The van der Waals surface area contributed by atoms with E-state index in [1.54, 1.807) is 9.80 Å². The minimum atomic E-state index is -0.535. The number of hydrogen-bond acceptors (Lipinski definition) is 4. The summed E-state index contributed by atoms with van der Waals surface area (Å²) < 4.78 is 5.36. The first-order valence-electron chi connectivity index (χ1n) is 9.68. The number of carbonyl (C=O) groups is 3. The van der Waals surface area contributed by atoms with Gasteiger partial charge < -0.3 is 19.9 Å². The highest BCUT2D eigenvalue weighted by molar-refractivity contribution is 5.94. The second-order valence-corrected chi connectivity index (χ2v) is 8.14. The molecule has 1 aromatic carbocycles. The molecule has 0 aromatic heterocycles. The Bertz CT molecular complexity index is 732. The molecule has 7 nitrogen and oxygen atoms in total. The monoisotopic (exact) mass is 389 g/mol. The zero-order valence-electron chi connectivity index (χ0n) is 17.5. The summed E-state index contributed by atoms with van der Waals surface area (Å²) >= 11 is 0. The molecule has 2 rings (SSSR count). The Kier molecular flexibility index (Phi) is 7.05. The molecule has 0 spiro atoms. The molecule has 0 atom stereocenters. The lowest BCUT2D eigenvalue weighted by Gasteiger charge is -2.35. The van der Waals surface area contributed by atoms with Gasteiger partial charge in [-0.15, -0.1) is 0 Å². The van der Waals surface area contributed by atoms with Crippen molar-refractivity contribution in [1.82, 2.24) is 9.80 Å². The maximum Gasteiger partial charge on any atom is 0.410 e. The quantitative estimate of drug-likeness (QED) is 0.858. The van der Waals surface area contributed by atoms with Gasteiger partial charge in [0.2, 0.25) is 11.8 Å². The molecule has 1 saturated heterocycles. The van der Waals surface area contributed by atoms with Gasteiger partial charge in [-0.2, -0.15) is 0 Å². The summed E-state index contributed by atoms with van der Waals surface area (Å²) in [6.45, 7) is 11.2. The molecule has 7 heteroatoms. The van der Waals surface area contributed by atoms with Crippen LogP contribution < -0.4 is 5.32 Å². The number of rotatable bonds is 4. The smallest absolute Gasteiger partial charge is 0.410 e. The van der Waals surface area contributed by atoms with Gasteiger partial charge in [0.15, 0.2) is 0 Å². The molecule has 28 heavy (non-hydrogen) atoms. The first-order chi connectivity index (χ1) is 13.1. The molecule has 154 valence electrons. The van der Waals surface area contributed by atoms with Crippen molar-refractivity contribution in [2.24, 2.45) is 0 Å². The predicted molar refractivity (Wildman–Crippen MR) is 108 cm³/mol. The van der Waals surface area contributed by atoms with Gasteiger partial charge in [-0.3, -0.25) is 9.59 Å². The molecule has 1 fully saturated rings. The van der Waals surface area contributed by atoms with Crippen molar-refractivity contribution in [3.05, 3.63) is 29.3 Å². The van der Waals surface area contributed by atoms with E-state index < -0.39 is 5.60 Å². The van der Waals surface area contributed by atoms with Crippen molar-refractivity contribution in [2.45, 2.75) is 53.1 Å². The van der Waals surface area contributed by atoms with Gasteiger partial charge in [0.05, 0.1) is 0 Å². The van der Waals surface area contributed by atoms with Crippen LogP contribution in [0.1, 0.15) is 44.7 Å². The number of hydrogen-bond donors (Lipinski definition) is 1. The summed E-state index contributed by atoms with van der Waals surface area (Å²) in [5, 5.41) is 2.87. The third kappa shape index (κ3) is 6.25. The Labute approximate surface area is 167 Å². The summed E-state index contributed by atoms with van der Waals surface area (Å²) in [4.78, 5) is 40.0. The van der Waals surface area contributed by atoms with E-state index in [1.807, 2.05) is 52.8 Å². The highest BCUT2D eigenvalue weighted by atomic mass is 16.6. The van der Waals surface area contributed by atoms with Crippen LogP contribution in [-0.4, -0.2) is 59.5 Å². The summed E-state index contributed by atoms with van der Waals surface area (Å²) in [5.74, 6) is -0.241. The molecule has 0 bridgehead atoms. The maximum absolute atomic E-state index is 12.4. The molecule has 0 aliphatic carbocycles. The second kappa shape index (κ2) is 9.08. The third-order valence-electron chi connectivity index (χ3n) is 4.73. The largest absolute Gasteiger partial charge is 0.444 e. The average molecular weight is 389 g/mol. The van der Waals surface area contributed by atoms with Crippen LogP contribution in [0.2, 0.25) is 0 Å². The average Bonchev–Trinajstić information content (AvgIpc) is 2.62. The summed E-state index contributed by atoms with van der Waals surface area (Å²) in [6.07, 6.45) is -0.0609. The summed E-state index contributed by atoms with van der Waals surface area (Å²) in [5.41, 5.74) is 2.38. The molecule has 1 N–H and O–H groups in total. The van der Waals surface area contributed by atoms with Crippen LogP contribution in [0.3, 0.4) is 0 Å². The van der Waals surface area contributed by atoms with Crippen LogP contribution >= 0.6 is 0 Å². The standard InChI is InChI=1S/C21H31N3O4/c1-15-7-6-8-17(16(15)2)22-18(25)9-10-19(26)23-11-13-24(14-12-23)20(27)28-21(3,4)5/h6-8H,9-14H2,1-5H3,(H,22,25). The van der Waals surface area contributed by atoms with Gasteiger partial charge in [-0.25, -0.2) is 4.79 Å². The van der Waals surface area contributed by atoms with Crippen molar-refractivity contribution in [2.75, 3.05) is 31.5 Å². The predicted octanol–water partition coefficient (Wildman–Crippen LogP) is 3.10. The minimum absolute atomic E-state index is 0.0695. The number of carbonyl (C=O) groups excluding carboxylic acids is 3. The van der Waals surface area contributed by atoms with E-state index in [0.29, 0.717) is 26.2 Å². The summed E-state index contributed by atoms with van der Waals surface area (Å²) in [6, 6.07) is 5.75. The van der Waals surface area contributed by atoms with Crippen molar-refractivity contribution in [1.29, 1.82) is 0 Å². The molecular formula is C21H31N3O4. The van der Waals surface area contributed by atoms with Crippen LogP contribution in [-0.2, 0) is 14.3 Å². The number of ether oxygens (including phenoxy) is 1. The van der Waals surface area contributed by atoms with Crippen molar-refractivity contribution in [3.8, 4) is 0 Å². The van der Waals surface area contributed by atoms with E-state index in [4.69, 9.17) is 4.74 Å². The van der Waals surface area contributed by atoms with Gasteiger partial charge in [-0.1, -0.05) is 12.1 Å². The Morgan fingerprint density at radius 2 is 1.61 bits per heavy atom. The SMILES string of the molecule is Cc1cccc(NC(=O)CCC(=O)N2CCN(C(=O)OC(C)(C)C)CC2)c1C. The van der Waals surface area contributed by atoms with Gasteiger partial charge in [0.1, 0.15) is 5.60 Å². The molecule has 1 aromatic rings. The number of piperazine rings is 1. The fourth-order valence-electron chi connectivity index (χ4n) is 2.94. The molecular weight excluding hydrogens is 358 g/mol. The molecule has 1 aliphatic rings. The Morgan fingerprint density at radius 3 is 2.21 bits per heavy atom. The highest BCUT2D eigenvalue weighted by Gasteiger charge is 2.27. The number of aryl methyl sites for hydroxylation is 1. The Balaban J connectivity index is 1.76. The van der Waals surface area contributed by atoms with Gasteiger partial charge in [0.25, 0.3) is 0 Å². The first-order valence-corrected chi connectivity index (χ1v) is 9.68. The Hall–Kier alpha value is -2.57. The fraction of sp³-hybridized carbons (Fsp3) is 0.571. The first kappa shape index (κ1) is 21.7. The van der Waals surface area contributed by atoms with Crippen LogP contribution in [0.15, 0.2) is 18.2 Å². The molecule has 1 heterocycles. The van der Waals surface area contributed by atoms with Gasteiger partial charge in [-0.05, 0) is 51.8 Å². The van der Waals surface area contributed by atoms with E-state index >= 15 is 0 Å². The number of benzene rings is 1. The number of anilines is 1. The number of amides is 3. The van der Waals surface area contributed by atoms with Crippen molar-refractivity contribution >= 4 is 23.6 Å². The van der Waals surface area contributed by atoms with E-state index in [1.165, 1.54) is 0 Å². The highest BCUT2D eigenvalue weighted by Crippen LogP contribution is 2.18. The van der Waals surface area contributed by atoms with Gasteiger partial charge >= 0.3 is 6.09 Å². The molecule has 0 radical (unpaired) electrons. The Morgan fingerprint density at radius 1 is 1.00 bits per heavy atom. The second-order valence-electron chi connectivity index (χ2n) is 8.14. The third-order valence-corrected chi connectivity index (χ3v) is 4.73. The maximum atomic E-state index is 12.4. The molecule has 0 unspecified atom stereocenters. The zero-order valence-corrected chi connectivity index (χ0v) is 17.5. The number of nitrogens with zero attached hydrogens (tertiary/aromatic N) is 2. The molecule has 0 saturated carbocycles. The summed E-state index contributed by atoms with van der Waals surface area (Å²) in [7, 11) is 0. The molecule has 1 aliphatic heterocycles. The lowest BCUT2D eigenvalue weighted by atomic mass is 10.1. The van der Waals surface area contributed by atoms with E-state index in [9.17, 15) is 14.4 Å². The van der Waals surface area contributed by atoms with Crippen molar-refractivity contribution in [3.63, 3.8) is 0 Å². The molecule has 3 amide bonds. The van der Waals surface area contributed by atoms with E-state index in [-0.39, 0.29) is 30.7 Å². The van der Waals surface area contributed by atoms with E-state index in [2.05, 4.69) is 5.32 Å². The minimum Gasteiger partial charge on any atom is -0.444 e. The topological polar surface area (TPSA) is 79.0 Å². The van der Waals surface area contributed by atoms with Crippen LogP contribution in [0.25, 0.3) is 0 Å². The number of nitrogens with one attached hydrogen (secondary N) is 1. The zero-order chi connectivity index (χ0) is 20.9. The van der Waals surface area contributed by atoms with Crippen molar-refractivity contribution < 1.29 is 19.1 Å². The van der Waals surface area contributed by atoms with Crippen LogP contribution in [0, 0.1) is 13.8 Å². The van der Waals surface area contributed by atoms with Crippen LogP contribution in [0.4, 0.5) is 10.5 Å². The van der Waals surface area contributed by atoms with Crippen LogP contribution in [0.5, 0.6) is 0 Å². The lowest BCUT2D eigenvalue weighted by Crippen LogP contribution is -2.51. The van der Waals surface area contributed by atoms with E-state index in [0.717, 1.165) is 16.8 Å². The normalized spacial score (nSPS) is 14.6.